The van der Waals surface area contributed by atoms with Crippen molar-refractivity contribution in [1.29, 1.82) is 0 Å². The number of hydrogen-bond acceptors (Lipinski definition) is 9. The number of piperazine rings is 1. The van der Waals surface area contributed by atoms with Gasteiger partial charge in [-0.15, -0.1) is 0 Å². The first-order chi connectivity index (χ1) is 16.9. The summed E-state index contributed by atoms with van der Waals surface area (Å²) in [6.07, 6.45) is -2.17. The number of carboxylic acid groups (broad SMARTS) is 1. The van der Waals surface area contributed by atoms with Gasteiger partial charge in [0.15, 0.2) is 12.2 Å². The summed E-state index contributed by atoms with van der Waals surface area (Å²) in [6, 6.07) is 3.62. The van der Waals surface area contributed by atoms with Gasteiger partial charge >= 0.3 is 12.1 Å². The zero-order chi connectivity index (χ0) is 26.5. The Labute approximate surface area is 203 Å². The Morgan fingerprint density at radius 1 is 1.14 bits per heavy atom. The summed E-state index contributed by atoms with van der Waals surface area (Å²) in [5.74, 6) is -1.62. The van der Waals surface area contributed by atoms with Crippen LogP contribution in [0.15, 0.2) is 29.1 Å². The second-order valence-electron chi connectivity index (χ2n) is 8.07. The number of aliphatic carboxylic acids is 1. The van der Waals surface area contributed by atoms with E-state index in [0.717, 1.165) is 37.6 Å². The molecule has 0 bridgehead atoms. The predicted molar refractivity (Wildman–Crippen MR) is 120 cm³/mol. The molecule has 3 aromatic heterocycles. The highest BCUT2D eigenvalue weighted by Gasteiger charge is 2.38. The van der Waals surface area contributed by atoms with E-state index in [0.29, 0.717) is 29.8 Å². The number of carbonyl (C=O) groups excluding carboxylic acids is 1. The van der Waals surface area contributed by atoms with Crippen LogP contribution in [-0.2, 0) is 9.59 Å². The summed E-state index contributed by atoms with van der Waals surface area (Å²) < 4.78 is 38.8. The van der Waals surface area contributed by atoms with Crippen LogP contribution in [0, 0.1) is 13.8 Å². The lowest BCUT2D eigenvalue weighted by Crippen LogP contribution is -2.47. The van der Waals surface area contributed by atoms with Gasteiger partial charge in [-0.2, -0.15) is 23.3 Å². The Morgan fingerprint density at radius 2 is 1.81 bits per heavy atom. The number of likely N-dealkylation sites (N-methyl/N-ethyl adjacent to an activating group) is 1. The maximum atomic E-state index is 12.6. The number of anilines is 1. The molecule has 2 N–H and O–H groups in total. The van der Waals surface area contributed by atoms with Gasteiger partial charge in [0.2, 0.25) is 5.91 Å². The minimum Gasteiger partial charge on any atom is -0.475 e. The molecule has 4 heterocycles. The SMILES string of the molecule is Cc1cc(C)n(-c2nc(NC(=O)CN3CCN(C)CC3)cc(-c3cnco3)n2)n1.O=C(O)C(F)(F)F. The molecule has 3 aromatic rings. The van der Waals surface area contributed by atoms with E-state index in [1.807, 2.05) is 19.9 Å². The Morgan fingerprint density at radius 3 is 2.33 bits per heavy atom. The van der Waals surface area contributed by atoms with Gasteiger partial charge in [0.05, 0.1) is 18.4 Å². The Balaban J connectivity index is 0.000000454. The summed E-state index contributed by atoms with van der Waals surface area (Å²) in [7, 11) is 2.09. The van der Waals surface area contributed by atoms with Crippen LogP contribution < -0.4 is 5.32 Å². The maximum absolute atomic E-state index is 12.6. The van der Waals surface area contributed by atoms with Crippen molar-refractivity contribution in [2.45, 2.75) is 20.0 Å². The van der Waals surface area contributed by atoms with Gasteiger partial charge in [0, 0.05) is 37.9 Å². The van der Waals surface area contributed by atoms with Crippen LogP contribution in [-0.4, -0.2) is 97.5 Å². The number of carbonyl (C=O) groups is 2. The zero-order valence-corrected chi connectivity index (χ0v) is 19.8. The third-order valence-corrected chi connectivity index (χ3v) is 5.07. The number of aryl methyl sites for hydroxylation is 2. The van der Waals surface area contributed by atoms with Crippen LogP contribution in [0.25, 0.3) is 17.4 Å². The summed E-state index contributed by atoms with van der Waals surface area (Å²) in [4.78, 5) is 38.9. The topological polar surface area (TPSA) is 143 Å². The number of alkyl halides is 3. The third kappa shape index (κ3) is 7.32. The van der Waals surface area contributed by atoms with Crippen LogP contribution >= 0.6 is 0 Å². The molecule has 0 atom stereocenters. The van der Waals surface area contributed by atoms with E-state index < -0.39 is 12.1 Å². The normalized spacial score (nSPS) is 14.7. The fraction of sp³-hybridized carbons (Fsp3) is 0.429. The fourth-order valence-corrected chi connectivity index (χ4v) is 3.28. The largest absolute Gasteiger partial charge is 0.490 e. The van der Waals surface area contributed by atoms with Gasteiger partial charge in [-0.3, -0.25) is 9.69 Å². The number of nitrogens with zero attached hydrogens (tertiary/aromatic N) is 7. The second kappa shape index (κ2) is 11.3. The van der Waals surface area contributed by atoms with Gasteiger partial charge in [0.25, 0.3) is 5.95 Å². The Kier molecular flexibility index (Phi) is 8.37. The lowest BCUT2D eigenvalue weighted by molar-refractivity contribution is -0.192. The molecule has 0 unspecified atom stereocenters. The van der Waals surface area contributed by atoms with E-state index in [-0.39, 0.29) is 5.91 Å². The molecule has 1 fully saturated rings. The molecule has 1 aliphatic rings. The molecule has 4 rings (SSSR count). The molecular weight excluding hydrogens is 485 g/mol. The summed E-state index contributed by atoms with van der Waals surface area (Å²) >= 11 is 0. The first-order valence-corrected chi connectivity index (χ1v) is 10.7. The first kappa shape index (κ1) is 26.7. The molecule has 1 aliphatic heterocycles. The molecule has 1 saturated heterocycles. The maximum Gasteiger partial charge on any atom is 0.490 e. The lowest BCUT2D eigenvalue weighted by atomic mass is 10.3. The highest BCUT2D eigenvalue weighted by Crippen LogP contribution is 2.21. The van der Waals surface area contributed by atoms with E-state index in [1.54, 1.807) is 16.9 Å². The number of amides is 1. The smallest absolute Gasteiger partial charge is 0.475 e. The molecule has 0 radical (unpaired) electrons. The van der Waals surface area contributed by atoms with E-state index in [1.165, 1.54) is 6.39 Å². The molecule has 1 amide bonds. The summed E-state index contributed by atoms with van der Waals surface area (Å²) in [5, 5.41) is 14.5. The highest BCUT2D eigenvalue weighted by atomic mass is 19.4. The van der Waals surface area contributed by atoms with Gasteiger partial charge in [-0.05, 0) is 27.0 Å². The van der Waals surface area contributed by atoms with Crippen molar-refractivity contribution < 1.29 is 32.3 Å². The van der Waals surface area contributed by atoms with E-state index in [4.69, 9.17) is 14.3 Å². The van der Waals surface area contributed by atoms with E-state index in [9.17, 15) is 18.0 Å². The first-order valence-electron chi connectivity index (χ1n) is 10.7. The molecule has 36 heavy (non-hydrogen) atoms. The van der Waals surface area contributed by atoms with Crippen molar-refractivity contribution in [1.82, 2.24) is 34.5 Å². The molecule has 194 valence electrons. The zero-order valence-electron chi connectivity index (χ0n) is 19.8. The molecule has 0 aliphatic carbocycles. The third-order valence-electron chi connectivity index (χ3n) is 5.07. The van der Waals surface area contributed by atoms with Crippen LogP contribution in [0.1, 0.15) is 11.4 Å². The molecule has 0 aromatic carbocycles. The molecule has 12 nitrogen and oxygen atoms in total. The van der Waals surface area contributed by atoms with Gasteiger partial charge in [0.1, 0.15) is 11.5 Å². The van der Waals surface area contributed by atoms with Crippen molar-refractivity contribution in [3.63, 3.8) is 0 Å². The number of carboxylic acids is 1. The number of nitrogens with one attached hydrogen (secondary N) is 1. The van der Waals surface area contributed by atoms with Crippen molar-refractivity contribution in [2.75, 3.05) is 45.1 Å². The quantitative estimate of drug-likeness (QED) is 0.521. The fourth-order valence-electron chi connectivity index (χ4n) is 3.28. The number of oxazole rings is 1. The average Bonchev–Trinajstić information content (AvgIpc) is 3.44. The second-order valence-corrected chi connectivity index (χ2v) is 8.07. The van der Waals surface area contributed by atoms with Gasteiger partial charge < -0.3 is 19.7 Å². The standard InChI is InChI=1S/C19H24N8O2.C2HF3O2/c1-13-8-14(2)27(24-13)19-21-15(16-10-20-12-29-16)9-17(23-19)22-18(28)11-26-6-4-25(3)5-7-26;3-2(4,5)1(6)7/h8-10,12H,4-7,11H2,1-3H3,(H,21,22,23,28);(H,6,7). The predicted octanol–water partition coefficient (Wildman–Crippen LogP) is 1.75. The monoisotopic (exact) mass is 510 g/mol. The molecular formula is C21H25F3N8O4. The minimum atomic E-state index is -5.08. The van der Waals surface area contributed by atoms with Crippen LogP contribution in [0.2, 0.25) is 0 Å². The van der Waals surface area contributed by atoms with Crippen molar-refractivity contribution in [3.05, 3.63) is 36.1 Å². The lowest BCUT2D eigenvalue weighted by Gasteiger charge is -2.31. The average molecular weight is 510 g/mol. The van der Waals surface area contributed by atoms with E-state index >= 15 is 0 Å². The highest BCUT2D eigenvalue weighted by molar-refractivity contribution is 5.91. The van der Waals surface area contributed by atoms with Gasteiger partial charge in [-0.1, -0.05) is 0 Å². The van der Waals surface area contributed by atoms with Crippen molar-refractivity contribution in [2.24, 2.45) is 0 Å². The Hall–Kier alpha value is -3.85. The van der Waals surface area contributed by atoms with Crippen molar-refractivity contribution in [3.8, 4) is 17.4 Å². The summed E-state index contributed by atoms with van der Waals surface area (Å²) in [6.45, 7) is 7.81. The number of rotatable bonds is 5. The molecule has 0 saturated carbocycles. The molecule has 15 heteroatoms. The number of hydrogen-bond donors (Lipinski definition) is 2. The number of aromatic nitrogens is 5. The van der Waals surface area contributed by atoms with Crippen LogP contribution in [0.5, 0.6) is 0 Å². The van der Waals surface area contributed by atoms with Crippen LogP contribution in [0.3, 0.4) is 0 Å². The summed E-state index contributed by atoms with van der Waals surface area (Å²) in [5.41, 5.74) is 2.28. The van der Waals surface area contributed by atoms with E-state index in [2.05, 4.69) is 42.2 Å². The van der Waals surface area contributed by atoms with Crippen molar-refractivity contribution >= 4 is 17.7 Å². The molecule has 0 spiro atoms. The number of halogens is 3. The van der Waals surface area contributed by atoms with Gasteiger partial charge in [-0.25, -0.2) is 19.4 Å². The van der Waals surface area contributed by atoms with Crippen LogP contribution in [0.4, 0.5) is 19.0 Å². The minimum absolute atomic E-state index is 0.115. The Bertz CT molecular complexity index is 1190.